The Morgan fingerprint density at radius 1 is 1.18 bits per heavy atom. The normalized spacial score (nSPS) is 17.1. The zero-order chi connectivity index (χ0) is 12.3. The molecule has 94 valence electrons. The van der Waals surface area contributed by atoms with Crippen LogP contribution in [-0.4, -0.2) is 6.61 Å². The summed E-state index contributed by atoms with van der Waals surface area (Å²) in [5.41, 5.74) is 9.14. The summed E-state index contributed by atoms with van der Waals surface area (Å²) in [4.78, 5) is 0. The standard InChI is InChI=1S/C15H23NO/c1-11-8-12(2)15(14(16)9-11)17-10-13-6-4-3-5-7-13/h8-9,13H,3-7,10,16H2,1-2H3. The summed E-state index contributed by atoms with van der Waals surface area (Å²) in [6.07, 6.45) is 6.73. The van der Waals surface area contributed by atoms with Crippen molar-refractivity contribution in [2.45, 2.75) is 46.0 Å². The number of benzene rings is 1. The first-order chi connectivity index (χ1) is 8.16. The van der Waals surface area contributed by atoms with Crippen molar-refractivity contribution in [1.82, 2.24) is 0 Å². The molecular formula is C15H23NO. The van der Waals surface area contributed by atoms with Crippen molar-refractivity contribution < 1.29 is 4.74 Å². The van der Waals surface area contributed by atoms with Crippen molar-refractivity contribution in [1.29, 1.82) is 0 Å². The first kappa shape index (κ1) is 12.3. The molecule has 1 aliphatic carbocycles. The number of aryl methyl sites for hydroxylation is 2. The van der Waals surface area contributed by atoms with E-state index in [9.17, 15) is 0 Å². The molecule has 2 N–H and O–H groups in total. The van der Waals surface area contributed by atoms with E-state index in [0.717, 1.165) is 29.5 Å². The molecule has 17 heavy (non-hydrogen) atoms. The Hall–Kier alpha value is -1.18. The van der Waals surface area contributed by atoms with Gasteiger partial charge in [-0.1, -0.05) is 25.3 Å². The number of hydrogen-bond acceptors (Lipinski definition) is 2. The molecule has 1 saturated carbocycles. The Balaban J connectivity index is 1.98. The average molecular weight is 233 g/mol. The Kier molecular flexibility index (Phi) is 3.93. The molecule has 1 fully saturated rings. The van der Waals surface area contributed by atoms with Gasteiger partial charge in [-0.05, 0) is 49.8 Å². The minimum absolute atomic E-state index is 0.726. The number of ether oxygens (including phenoxy) is 1. The molecule has 0 aromatic heterocycles. The summed E-state index contributed by atoms with van der Waals surface area (Å²) in [5.74, 6) is 1.62. The molecule has 1 aliphatic rings. The van der Waals surface area contributed by atoms with Gasteiger partial charge in [0.1, 0.15) is 5.75 Å². The second-order valence-electron chi connectivity index (χ2n) is 5.32. The van der Waals surface area contributed by atoms with Crippen LogP contribution in [0.15, 0.2) is 12.1 Å². The van der Waals surface area contributed by atoms with E-state index in [4.69, 9.17) is 10.5 Å². The molecule has 1 aromatic rings. The number of rotatable bonds is 3. The van der Waals surface area contributed by atoms with E-state index >= 15 is 0 Å². The largest absolute Gasteiger partial charge is 0.491 e. The number of nitrogen functional groups attached to an aromatic ring is 1. The van der Waals surface area contributed by atoms with Crippen LogP contribution in [0.1, 0.15) is 43.2 Å². The van der Waals surface area contributed by atoms with Crippen molar-refractivity contribution in [3.8, 4) is 5.75 Å². The molecular weight excluding hydrogens is 210 g/mol. The highest BCUT2D eigenvalue weighted by atomic mass is 16.5. The minimum Gasteiger partial charge on any atom is -0.491 e. The van der Waals surface area contributed by atoms with E-state index in [1.165, 1.54) is 37.7 Å². The highest BCUT2D eigenvalue weighted by molar-refractivity contribution is 5.58. The van der Waals surface area contributed by atoms with Gasteiger partial charge in [0.05, 0.1) is 12.3 Å². The lowest BCUT2D eigenvalue weighted by Crippen LogP contribution is -2.16. The fourth-order valence-corrected chi connectivity index (χ4v) is 2.74. The molecule has 0 atom stereocenters. The van der Waals surface area contributed by atoms with Crippen LogP contribution in [0.3, 0.4) is 0 Å². The third-order valence-electron chi connectivity index (χ3n) is 3.64. The zero-order valence-corrected chi connectivity index (χ0v) is 11.0. The predicted octanol–water partition coefficient (Wildman–Crippen LogP) is 3.84. The molecule has 0 heterocycles. The SMILES string of the molecule is Cc1cc(C)c(OCC2CCCCC2)c(N)c1. The van der Waals surface area contributed by atoms with Crippen LogP contribution in [0.4, 0.5) is 5.69 Å². The third kappa shape index (κ3) is 3.15. The summed E-state index contributed by atoms with van der Waals surface area (Å²) < 4.78 is 5.94. The Bertz CT molecular complexity index is 358. The lowest BCUT2D eigenvalue weighted by Gasteiger charge is -2.22. The fourth-order valence-electron chi connectivity index (χ4n) is 2.74. The first-order valence-corrected chi connectivity index (χ1v) is 6.66. The van der Waals surface area contributed by atoms with Crippen LogP contribution in [-0.2, 0) is 0 Å². The third-order valence-corrected chi connectivity index (χ3v) is 3.64. The van der Waals surface area contributed by atoms with E-state index in [1.807, 2.05) is 6.07 Å². The highest BCUT2D eigenvalue weighted by Gasteiger charge is 2.15. The fraction of sp³-hybridized carbons (Fsp3) is 0.600. The molecule has 2 rings (SSSR count). The number of nitrogens with two attached hydrogens (primary N) is 1. The van der Waals surface area contributed by atoms with Crippen LogP contribution in [0, 0.1) is 19.8 Å². The number of anilines is 1. The molecule has 0 spiro atoms. The van der Waals surface area contributed by atoms with Gasteiger partial charge in [-0.3, -0.25) is 0 Å². The van der Waals surface area contributed by atoms with Crippen molar-refractivity contribution in [3.63, 3.8) is 0 Å². The highest BCUT2D eigenvalue weighted by Crippen LogP contribution is 2.30. The van der Waals surface area contributed by atoms with Crippen molar-refractivity contribution in [3.05, 3.63) is 23.3 Å². The van der Waals surface area contributed by atoms with Crippen molar-refractivity contribution in [2.24, 2.45) is 5.92 Å². The molecule has 0 bridgehead atoms. The Morgan fingerprint density at radius 3 is 2.53 bits per heavy atom. The summed E-state index contributed by atoms with van der Waals surface area (Å²) in [6, 6.07) is 4.12. The molecule has 0 radical (unpaired) electrons. The van der Waals surface area contributed by atoms with Crippen molar-refractivity contribution in [2.75, 3.05) is 12.3 Å². The second-order valence-corrected chi connectivity index (χ2v) is 5.32. The lowest BCUT2D eigenvalue weighted by atomic mass is 9.90. The van der Waals surface area contributed by atoms with Crippen molar-refractivity contribution >= 4 is 5.69 Å². The molecule has 0 unspecified atom stereocenters. The van der Waals surface area contributed by atoms with Crippen LogP contribution < -0.4 is 10.5 Å². The molecule has 0 saturated heterocycles. The van der Waals surface area contributed by atoms with Gasteiger partial charge in [-0.15, -0.1) is 0 Å². The van der Waals surface area contributed by atoms with Gasteiger partial charge >= 0.3 is 0 Å². The van der Waals surface area contributed by atoms with Gasteiger partial charge in [0, 0.05) is 0 Å². The molecule has 1 aromatic carbocycles. The lowest BCUT2D eigenvalue weighted by molar-refractivity contribution is 0.209. The predicted molar refractivity (Wildman–Crippen MR) is 72.4 cm³/mol. The minimum atomic E-state index is 0.726. The number of hydrogen-bond donors (Lipinski definition) is 1. The second kappa shape index (κ2) is 5.44. The molecule has 0 amide bonds. The Morgan fingerprint density at radius 2 is 1.88 bits per heavy atom. The van der Waals surface area contributed by atoms with Gasteiger partial charge in [0.25, 0.3) is 0 Å². The maximum Gasteiger partial charge on any atom is 0.145 e. The van der Waals surface area contributed by atoms with E-state index in [2.05, 4.69) is 19.9 Å². The van der Waals surface area contributed by atoms with Crippen LogP contribution in [0.5, 0.6) is 5.75 Å². The quantitative estimate of drug-likeness (QED) is 0.805. The molecule has 0 aliphatic heterocycles. The van der Waals surface area contributed by atoms with Gasteiger partial charge in [0.15, 0.2) is 0 Å². The van der Waals surface area contributed by atoms with Crippen LogP contribution in [0.2, 0.25) is 0 Å². The Labute approximate surface area is 104 Å². The topological polar surface area (TPSA) is 35.2 Å². The summed E-state index contributed by atoms with van der Waals surface area (Å²) in [5, 5.41) is 0. The van der Waals surface area contributed by atoms with E-state index in [0.29, 0.717) is 0 Å². The first-order valence-electron chi connectivity index (χ1n) is 6.66. The van der Waals surface area contributed by atoms with Crippen LogP contribution >= 0.6 is 0 Å². The zero-order valence-electron chi connectivity index (χ0n) is 11.0. The van der Waals surface area contributed by atoms with Gasteiger partial charge in [-0.2, -0.15) is 0 Å². The van der Waals surface area contributed by atoms with Gasteiger partial charge in [0.2, 0.25) is 0 Å². The van der Waals surface area contributed by atoms with Crippen LogP contribution in [0.25, 0.3) is 0 Å². The maximum atomic E-state index is 6.01. The maximum absolute atomic E-state index is 6.01. The molecule has 2 heteroatoms. The average Bonchev–Trinajstić information content (AvgIpc) is 2.29. The van der Waals surface area contributed by atoms with Gasteiger partial charge in [-0.25, -0.2) is 0 Å². The molecule has 2 nitrogen and oxygen atoms in total. The summed E-state index contributed by atoms with van der Waals surface area (Å²) in [7, 11) is 0. The van der Waals surface area contributed by atoms with Gasteiger partial charge < -0.3 is 10.5 Å². The smallest absolute Gasteiger partial charge is 0.145 e. The summed E-state index contributed by atoms with van der Waals surface area (Å²) in [6.45, 7) is 4.96. The van der Waals surface area contributed by atoms with E-state index < -0.39 is 0 Å². The van der Waals surface area contributed by atoms with E-state index in [-0.39, 0.29) is 0 Å². The van der Waals surface area contributed by atoms with E-state index in [1.54, 1.807) is 0 Å². The summed E-state index contributed by atoms with van der Waals surface area (Å²) >= 11 is 0. The monoisotopic (exact) mass is 233 g/mol.